The summed E-state index contributed by atoms with van der Waals surface area (Å²) in [6, 6.07) is 2.37. The van der Waals surface area contributed by atoms with E-state index in [1.165, 1.54) is 18.9 Å². The molecule has 17 heteroatoms. The fourth-order valence-electron chi connectivity index (χ4n) is 4.03. The molecular formula is C24H29N9O6S2. The van der Waals surface area contributed by atoms with Crippen LogP contribution in [0.4, 0.5) is 10.8 Å². The average Bonchev–Trinajstić information content (AvgIpc) is 3.35. The van der Waals surface area contributed by atoms with Gasteiger partial charge in [0.15, 0.2) is 24.1 Å². The van der Waals surface area contributed by atoms with Crippen LogP contribution in [0.15, 0.2) is 41.0 Å². The van der Waals surface area contributed by atoms with Crippen molar-refractivity contribution in [3.8, 4) is 0 Å². The summed E-state index contributed by atoms with van der Waals surface area (Å²) in [7, 11) is 1.24. The summed E-state index contributed by atoms with van der Waals surface area (Å²) in [4.78, 5) is 59.9. The van der Waals surface area contributed by atoms with E-state index >= 15 is 0 Å². The Kier molecular flexibility index (Phi) is 8.89. The van der Waals surface area contributed by atoms with Gasteiger partial charge in [-0.05, 0) is 20.8 Å². The lowest BCUT2D eigenvalue weighted by atomic mass is 10.0. The Morgan fingerprint density at radius 1 is 1.29 bits per heavy atom. The molecule has 0 aromatic carbocycles. The number of fused-ring (bicyclic) bond motifs is 1. The number of amides is 3. The van der Waals surface area contributed by atoms with Crippen molar-refractivity contribution >= 4 is 63.5 Å². The number of β-lactam (4-membered cyclic amide) rings is 1. The monoisotopic (exact) mass is 603 g/mol. The molecule has 0 radical (unpaired) electrons. The van der Waals surface area contributed by atoms with Crippen LogP contribution in [-0.4, -0.2) is 80.0 Å². The van der Waals surface area contributed by atoms with Gasteiger partial charge in [-0.2, -0.15) is 9.36 Å². The molecule has 4 rings (SSSR count). The van der Waals surface area contributed by atoms with Crippen molar-refractivity contribution in [3.63, 3.8) is 0 Å². The average molecular weight is 604 g/mol. The van der Waals surface area contributed by atoms with E-state index in [-0.39, 0.29) is 52.7 Å². The van der Waals surface area contributed by atoms with E-state index in [4.69, 9.17) is 10.6 Å². The third-order valence-corrected chi connectivity index (χ3v) is 7.79. The van der Waals surface area contributed by atoms with Crippen LogP contribution in [0.1, 0.15) is 26.6 Å². The second-order valence-corrected chi connectivity index (χ2v) is 12.0. The summed E-state index contributed by atoms with van der Waals surface area (Å²) < 4.78 is 5.67. The summed E-state index contributed by atoms with van der Waals surface area (Å²) in [5.41, 5.74) is 5.93. The number of carboxylic acid groups (broad SMARTS) is 1. The number of carbonyl (C=O) groups is 4. The molecule has 2 aromatic rings. The third-order valence-electron chi connectivity index (χ3n) is 5.91. The van der Waals surface area contributed by atoms with Gasteiger partial charge < -0.3 is 36.4 Å². The number of nitrogens with zero attached hydrogens (tertiary/aromatic N) is 5. The first-order valence-electron chi connectivity index (χ1n) is 12.3. The highest BCUT2D eigenvalue weighted by atomic mass is 32.2. The maximum atomic E-state index is 13.0. The van der Waals surface area contributed by atoms with Crippen molar-refractivity contribution in [2.75, 3.05) is 30.5 Å². The number of oxime groups is 1. The lowest BCUT2D eigenvalue weighted by Crippen LogP contribution is -2.71. The summed E-state index contributed by atoms with van der Waals surface area (Å²) >= 11 is 2.17. The van der Waals surface area contributed by atoms with Gasteiger partial charge in [0.1, 0.15) is 18.5 Å². The molecule has 0 spiro atoms. The van der Waals surface area contributed by atoms with E-state index in [1.807, 2.05) is 20.8 Å². The minimum Gasteiger partial charge on any atom is -0.543 e. The van der Waals surface area contributed by atoms with E-state index in [2.05, 4.69) is 30.5 Å². The van der Waals surface area contributed by atoms with Gasteiger partial charge in [0.05, 0.1) is 23.9 Å². The number of thioether (sulfide) groups is 1. The molecule has 2 aromatic heterocycles. The lowest BCUT2D eigenvalue weighted by molar-refractivity contribution is -0.689. The second kappa shape index (κ2) is 12.2. The largest absolute Gasteiger partial charge is 0.543 e. The zero-order chi connectivity index (χ0) is 29.9. The summed E-state index contributed by atoms with van der Waals surface area (Å²) in [6.07, 6.45) is 3.39. The van der Waals surface area contributed by atoms with E-state index in [0.29, 0.717) is 11.3 Å². The number of nitrogens with one attached hydrogen (secondary N) is 3. The molecule has 218 valence electrons. The Labute approximate surface area is 243 Å². The molecule has 3 amide bonds. The van der Waals surface area contributed by atoms with Crippen molar-refractivity contribution < 1.29 is 33.7 Å². The Morgan fingerprint density at radius 3 is 2.59 bits per heavy atom. The van der Waals surface area contributed by atoms with Crippen LogP contribution >= 0.6 is 23.3 Å². The molecule has 0 bridgehead atoms. The van der Waals surface area contributed by atoms with Gasteiger partial charge in [0.2, 0.25) is 17.4 Å². The lowest BCUT2D eigenvalue weighted by Gasteiger charge is -2.50. The SMILES string of the molecule is CO/N=C(\C(=O)N[C@@H]1C(=O)N2C(C(=O)[O-])=C(C[n+]3ccc(NC(=O)CNC(C)(C)C)cc3)CSC12)c1nsc(N)n1. The molecule has 1 fully saturated rings. The number of nitrogen functional groups attached to an aromatic ring is 1. The number of carboxylic acids is 1. The Bertz CT molecular complexity index is 1420. The van der Waals surface area contributed by atoms with E-state index in [0.717, 1.165) is 16.4 Å². The predicted molar refractivity (Wildman–Crippen MR) is 148 cm³/mol. The molecule has 0 saturated carbocycles. The quantitative estimate of drug-likeness (QED) is 0.103. The van der Waals surface area contributed by atoms with Crippen molar-refractivity contribution in [1.29, 1.82) is 0 Å². The van der Waals surface area contributed by atoms with Gasteiger partial charge in [-0.1, -0.05) is 5.16 Å². The Hall–Kier alpha value is -4.09. The number of hydrogen-bond acceptors (Lipinski definition) is 13. The number of hydrogen-bond donors (Lipinski definition) is 4. The van der Waals surface area contributed by atoms with Gasteiger partial charge in [0.25, 0.3) is 11.8 Å². The fraction of sp³-hybridized carbons (Fsp3) is 0.417. The van der Waals surface area contributed by atoms with Crippen molar-refractivity contribution in [1.82, 2.24) is 24.9 Å². The first-order chi connectivity index (χ1) is 19.4. The van der Waals surface area contributed by atoms with Crippen molar-refractivity contribution in [2.24, 2.45) is 5.16 Å². The molecule has 41 heavy (non-hydrogen) atoms. The normalized spacial score (nSPS) is 18.9. The zero-order valence-electron chi connectivity index (χ0n) is 22.7. The predicted octanol–water partition coefficient (Wildman–Crippen LogP) is -1.81. The van der Waals surface area contributed by atoms with Crippen LogP contribution < -0.4 is 31.4 Å². The number of anilines is 2. The van der Waals surface area contributed by atoms with Gasteiger partial charge >= 0.3 is 0 Å². The standard InChI is InChI=1S/C24H29N9O6S2/c1-24(2,3)26-9-14(34)27-13-5-7-32(8-6-13)10-12-11-40-21-16(20(36)33(21)17(12)22(37)38)28-19(35)15(30-39-4)18-29-23(25)41-31-18/h5-8,16,21,26H,9-11H2,1-4H3,(H4,25,28,29,31,35,37,38)/b30-15-/t16-,21?/m1/s1. The molecule has 4 heterocycles. The number of aliphatic carboxylic acids is 1. The van der Waals surface area contributed by atoms with Crippen molar-refractivity contribution in [3.05, 3.63) is 41.6 Å². The zero-order valence-corrected chi connectivity index (χ0v) is 24.3. The first-order valence-corrected chi connectivity index (χ1v) is 14.1. The molecule has 2 aliphatic rings. The van der Waals surface area contributed by atoms with Crippen molar-refractivity contribution in [2.45, 2.75) is 44.3 Å². The number of nitrogens with two attached hydrogens (primary N) is 1. The minimum atomic E-state index is -1.50. The molecule has 0 aliphatic carbocycles. The minimum absolute atomic E-state index is 0.0615. The molecule has 2 atom stereocenters. The highest BCUT2D eigenvalue weighted by Gasteiger charge is 2.53. The maximum absolute atomic E-state index is 13.0. The molecule has 2 aliphatic heterocycles. The summed E-state index contributed by atoms with van der Waals surface area (Å²) in [5, 5.41) is 23.7. The Balaban J connectivity index is 1.43. The first kappa shape index (κ1) is 29.9. The molecule has 1 unspecified atom stereocenters. The highest BCUT2D eigenvalue weighted by molar-refractivity contribution is 8.00. The van der Waals surface area contributed by atoms with Crippen LogP contribution in [0, 0.1) is 0 Å². The number of rotatable bonds is 10. The molecule has 5 N–H and O–H groups in total. The van der Waals surface area contributed by atoms with Crippen LogP contribution in [0.2, 0.25) is 0 Å². The van der Waals surface area contributed by atoms with Gasteiger partial charge in [-0.15, -0.1) is 11.8 Å². The van der Waals surface area contributed by atoms with Gasteiger partial charge in [0, 0.05) is 40.5 Å². The fourth-order valence-corrected chi connectivity index (χ4v) is 5.80. The molecular weight excluding hydrogens is 574 g/mol. The highest BCUT2D eigenvalue weighted by Crippen LogP contribution is 2.40. The third kappa shape index (κ3) is 6.98. The van der Waals surface area contributed by atoms with Crippen LogP contribution in [0.25, 0.3) is 0 Å². The van der Waals surface area contributed by atoms with Crippen LogP contribution in [-0.2, 0) is 30.6 Å². The van der Waals surface area contributed by atoms with Gasteiger partial charge in [-0.3, -0.25) is 19.3 Å². The van der Waals surface area contributed by atoms with Crippen LogP contribution in [0.3, 0.4) is 0 Å². The molecule has 15 nitrogen and oxygen atoms in total. The molecule has 1 saturated heterocycles. The smallest absolute Gasteiger partial charge is 0.278 e. The number of carbonyl (C=O) groups excluding carboxylic acids is 4. The maximum Gasteiger partial charge on any atom is 0.278 e. The summed E-state index contributed by atoms with van der Waals surface area (Å²) in [5.74, 6) is -2.86. The van der Waals surface area contributed by atoms with E-state index < -0.39 is 29.2 Å². The topological polar surface area (TPSA) is 208 Å². The van der Waals surface area contributed by atoms with Crippen LogP contribution in [0.5, 0.6) is 0 Å². The number of pyridine rings is 1. The van der Waals surface area contributed by atoms with Gasteiger partial charge in [-0.25, -0.2) is 4.57 Å². The van der Waals surface area contributed by atoms with E-state index in [9.17, 15) is 24.3 Å². The Morgan fingerprint density at radius 2 is 2.00 bits per heavy atom. The number of aromatic nitrogens is 3. The van der Waals surface area contributed by atoms with E-state index in [1.54, 1.807) is 29.1 Å². The summed E-state index contributed by atoms with van der Waals surface area (Å²) in [6.45, 7) is 6.21. The second-order valence-electron chi connectivity index (χ2n) is 10.1.